The zero-order chi connectivity index (χ0) is 6.95. The van der Waals surface area contributed by atoms with Crippen molar-refractivity contribution in [3.05, 3.63) is 0 Å². The first kappa shape index (κ1) is 9.66. The van der Waals surface area contributed by atoms with Gasteiger partial charge in [-0.15, -0.1) is 0 Å². The minimum absolute atomic E-state index is 0.897. The summed E-state index contributed by atoms with van der Waals surface area (Å²) in [6.45, 7) is 5.19. The summed E-state index contributed by atoms with van der Waals surface area (Å²) in [7, 11) is 1.75. The highest BCUT2D eigenvalue weighted by molar-refractivity contribution is 8.74. The fraction of sp³-hybridized carbons (Fsp3) is 1.00. The Balaban J connectivity index is 2.60. The van der Waals surface area contributed by atoms with E-state index in [4.69, 9.17) is 4.18 Å². The van der Waals surface area contributed by atoms with Crippen LogP contribution in [-0.2, 0) is 4.18 Å². The normalized spacial score (nSPS) is 10.0. The second-order valence-electron chi connectivity index (χ2n) is 1.65. The molecular weight excluding hydrogens is 152 g/mol. The van der Waals surface area contributed by atoms with E-state index >= 15 is 0 Å². The van der Waals surface area contributed by atoms with Gasteiger partial charge in [0, 0.05) is 5.75 Å². The largest absolute Gasteiger partial charge is 0.305 e. The molecule has 0 saturated carbocycles. The minimum atomic E-state index is 0.897. The predicted octanol–water partition coefficient (Wildman–Crippen LogP) is 3.12. The predicted molar refractivity (Wildman–Crippen MR) is 46.6 cm³/mol. The summed E-state index contributed by atoms with van der Waals surface area (Å²) in [4.78, 5) is 0. The van der Waals surface area contributed by atoms with Crippen molar-refractivity contribution in [3.8, 4) is 0 Å². The van der Waals surface area contributed by atoms with E-state index in [-0.39, 0.29) is 0 Å². The topological polar surface area (TPSA) is 9.23 Å². The van der Waals surface area contributed by atoms with E-state index in [1.165, 1.54) is 23.9 Å². The van der Waals surface area contributed by atoms with Crippen LogP contribution in [0.3, 0.4) is 0 Å². The third-order valence-electron chi connectivity index (χ3n) is 0.795. The van der Waals surface area contributed by atoms with Crippen LogP contribution in [0.5, 0.6) is 0 Å². The SMILES string of the molecule is CCCCOSSCC. The Hall–Kier alpha value is 0.660. The molecule has 0 aliphatic carbocycles. The van der Waals surface area contributed by atoms with Gasteiger partial charge in [0.05, 0.1) is 17.7 Å². The summed E-state index contributed by atoms with van der Waals surface area (Å²) in [6.07, 6.45) is 2.40. The van der Waals surface area contributed by atoms with Gasteiger partial charge in [-0.2, -0.15) is 0 Å². The zero-order valence-corrected chi connectivity index (χ0v) is 7.69. The number of unbranched alkanes of at least 4 members (excludes halogenated alkanes) is 1. The summed E-state index contributed by atoms with van der Waals surface area (Å²) < 4.78 is 5.19. The van der Waals surface area contributed by atoms with Crippen LogP contribution >= 0.6 is 21.9 Å². The van der Waals surface area contributed by atoms with Crippen molar-refractivity contribution in [2.45, 2.75) is 26.7 Å². The van der Waals surface area contributed by atoms with Gasteiger partial charge in [-0.3, -0.25) is 0 Å². The average molecular weight is 166 g/mol. The molecule has 0 aromatic heterocycles. The molecule has 0 N–H and O–H groups in total. The van der Waals surface area contributed by atoms with E-state index in [9.17, 15) is 0 Å². The molecule has 0 unspecified atom stereocenters. The van der Waals surface area contributed by atoms with Gasteiger partial charge in [0.15, 0.2) is 0 Å². The lowest BCUT2D eigenvalue weighted by Crippen LogP contribution is -1.82. The van der Waals surface area contributed by atoms with E-state index in [0.717, 1.165) is 12.4 Å². The van der Waals surface area contributed by atoms with Crippen molar-refractivity contribution >= 4 is 21.9 Å². The van der Waals surface area contributed by atoms with E-state index < -0.39 is 0 Å². The molecule has 0 aliphatic rings. The molecule has 56 valence electrons. The Kier molecular flexibility index (Phi) is 9.30. The van der Waals surface area contributed by atoms with Crippen LogP contribution in [0.2, 0.25) is 0 Å². The maximum Gasteiger partial charge on any atom is 0.0624 e. The summed E-state index contributed by atoms with van der Waals surface area (Å²) in [6, 6.07) is 0. The Labute approximate surface area is 65.5 Å². The van der Waals surface area contributed by atoms with Crippen LogP contribution in [0.15, 0.2) is 0 Å². The van der Waals surface area contributed by atoms with Crippen molar-refractivity contribution in [1.82, 2.24) is 0 Å². The lowest BCUT2D eigenvalue weighted by atomic mass is 10.4. The first-order valence-electron chi connectivity index (χ1n) is 3.32. The van der Waals surface area contributed by atoms with Crippen molar-refractivity contribution in [1.29, 1.82) is 0 Å². The third-order valence-corrected chi connectivity index (χ3v) is 2.67. The molecule has 0 amide bonds. The van der Waals surface area contributed by atoms with Crippen LogP contribution in [-0.4, -0.2) is 12.4 Å². The van der Waals surface area contributed by atoms with E-state index in [1.54, 1.807) is 10.8 Å². The highest BCUT2D eigenvalue weighted by Crippen LogP contribution is 2.21. The molecule has 0 bridgehead atoms. The number of hydrogen-bond acceptors (Lipinski definition) is 3. The van der Waals surface area contributed by atoms with Crippen molar-refractivity contribution in [2.75, 3.05) is 12.4 Å². The second-order valence-corrected chi connectivity index (χ2v) is 3.95. The zero-order valence-electron chi connectivity index (χ0n) is 6.05. The fourth-order valence-corrected chi connectivity index (χ4v) is 1.37. The maximum atomic E-state index is 5.19. The maximum absolute atomic E-state index is 5.19. The molecule has 0 spiro atoms. The van der Waals surface area contributed by atoms with E-state index in [1.807, 2.05) is 0 Å². The number of rotatable bonds is 6. The van der Waals surface area contributed by atoms with Gasteiger partial charge < -0.3 is 4.18 Å². The van der Waals surface area contributed by atoms with Crippen molar-refractivity contribution in [3.63, 3.8) is 0 Å². The van der Waals surface area contributed by atoms with Crippen LogP contribution < -0.4 is 0 Å². The molecule has 0 rings (SSSR count). The van der Waals surface area contributed by atoms with Gasteiger partial charge >= 0.3 is 0 Å². The Morgan fingerprint density at radius 3 is 2.67 bits per heavy atom. The molecule has 0 atom stereocenters. The summed E-state index contributed by atoms with van der Waals surface area (Å²) >= 11 is 1.51. The molecule has 0 radical (unpaired) electrons. The van der Waals surface area contributed by atoms with Crippen LogP contribution in [0.4, 0.5) is 0 Å². The molecule has 0 aliphatic heterocycles. The molecule has 0 aromatic rings. The van der Waals surface area contributed by atoms with Gasteiger partial charge in [0.25, 0.3) is 0 Å². The average Bonchev–Trinajstić information content (AvgIpc) is 1.89. The van der Waals surface area contributed by atoms with Crippen molar-refractivity contribution < 1.29 is 4.18 Å². The first-order chi connectivity index (χ1) is 4.41. The quantitative estimate of drug-likeness (QED) is 0.341. The van der Waals surface area contributed by atoms with Crippen LogP contribution in [0, 0.1) is 0 Å². The monoisotopic (exact) mass is 166 g/mol. The second kappa shape index (κ2) is 8.66. The third kappa shape index (κ3) is 8.66. The van der Waals surface area contributed by atoms with Gasteiger partial charge in [0.1, 0.15) is 0 Å². The van der Waals surface area contributed by atoms with Gasteiger partial charge in [-0.05, 0) is 6.42 Å². The van der Waals surface area contributed by atoms with Crippen molar-refractivity contribution in [2.24, 2.45) is 0 Å². The summed E-state index contributed by atoms with van der Waals surface area (Å²) in [5.74, 6) is 1.12. The molecule has 0 saturated heterocycles. The molecule has 3 heteroatoms. The van der Waals surface area contributed by atoms with Crippen LogP contribution in [0.25, 0.3) is 0 Å². The first-order valence-corrected chi connectivity index (χ1v) is 5.57. The highest BCUT2D eigenvalue weighted by atomic mass is 33.1. The van der Waals surface area contributed by atoms with E-state index in [2.05, 4.69) is 13.8 Å². The minimum Gasteiger partial charge on any atom is -0.305 e. The fourth-order valence-electron chi connectivity index (χ4n) is 0.319. The van der Waals surface area contributed by atoms with E-state index in [0.29, 0.717) is 0 Å². The smallest absolute Gasteiger partial charge is 0.0624 e. The highest BCUT2D eigenvalue weighted by Gasteiger charge is 1.86. The Morgan fingerprint density at radius 1 is 1.33 bits per heavy atom. The molecular formula is C6H14OS2. The lowest BCUT2D eigenvalue weighted by Gasteiger charge is -1.97. The summed E-state index contributed by atoms with van der Waals surface area (Å²) in [5, 5.41) is 0. The molecule has 9 heavy (non-hydrogen) atoms. The van der Waals surface area contributed by atoms with Gasteiger partial charge in [-0.1, -0.05) is 31.1 Å². The Morgan fingerprint density at radius 2 is 2.11 bits per heavy atom. The molecule has 0 aromatic carbocycles. The summed E-state index contributed by atoms with van der Waals surface area (Å²) in [5.41, 5.74) is 0. The van der Waals surface area contributed by atoms with Crippen LogP contribution in [0.1, 0.15) is 26.7 Å². The van der Waals surface area contributed by atoms with Gasteiger partial charge in [-0.25, -0.2) is 0 Å². The van der Waals surface area contributed by atoms with Gasteiger partial charge in [0.2, 0.25) is 0 Å². The lowest BCUT2D eigenvalue weighted by molar-refractivity contribution is 0.368. The molecule has 1 nitrogen and oxygen atoms in total. The standard InChI is InChI=1S/C6H14OS2/c1-3-5-6-7-9-8-4-2/h3-6H2,1-2H3. The molecule has 0 fully saturated rings. The Bertz CT molecular complexity index is 44.3. The molecule has 0 heterocycles. The number of hydrogen-bond donors (Lipinski definition) is 0.